The fraction of sp³-hybridized carbons (Fsp3) is 0.368. The summed E-state index contributed by atoms with van der Waals surface area (Å²) >= 11 is 0. The van der Waals surface area contributed by atoms with Crippen LogP contribution in [0, 0.1) is 5.92 Å². The lowest BCUT2D eigenvalue weighted by Gasteiger charge is -2.29. The van der Waals surface area contributed by atoms with Crippen molar-refractivity contribution in [3.8, 4) is 0 Å². The molecule has 0 aliphatic heterocycles. The molecule has 0 N–H and O–H groups in total. The van der Waals surface area contributed by atoms with Crippen LogP contribution >= 0.6 is 0 Å². The summed E-state index contributed by atoms with van der Waals surface area (Å²) < 4.78 is 27.1. The topological polar surface area (TPSA) is 0 Å². The zero-order valence-electron chi connectivity index (χ0n) is 12.5. The van der Waals surface area contributed by atoms with Crippen LogP contribution in [0.2, 0.25) is 0 Å². The molecule has 2 heteroatoms. The van der Waals surface area contributed by atoms with Crippen molar-refractivity contribution in [3.63, 3.8) is 0 Å². The molecule has 1 aliphatic carbocycles. The minimum atomic E-state index is -2.51. The molecule has 1 unspecified atom stereocenters. The molecule has 1 fully saturated rings. The van der Waals surface area contributed by atoms with Gasteiger partial charge in [0, 0.05) is 12.8 Å². The van der Waals surface area contributed by atoms with E-state index in [1.54, 1.807) is 6.08 Å². The number of halogens is 2. The van der Waals surface area contributed by atoms with Crippen molar-refractivity contribution in [3.05, 3.63) is 66.3 Å². The molecule has 112 valence electrons. The first-order valence-electron chi connectivity index (χ1n) is 7.46. The number of hydrogen-bond acceptors (Lipinski definition) is 0. The molecule has 0 heterocycles. The van der Waals surface area contributed by atoms with E-state index in [4.69, 9.17) is 0 Å². The van der Waals surface area contributed by atoms with Crippen molar-refractivity contribution >= 4 is 5.57 Å². The number of rotatable bonds is 4. The fourth-order valence-corrected chi connectivity index (χ4v) is 2.91. The Labute approximate surface area is 125 Å². The Morgan fingerprint density at radius 1 is 1.29 bits per heavy atom. The van der Waals surface area contributed by atoms with Crippen LogP contribution in [0.3, 0.4) is 0 Å². The van der Waals surface area contributed by atoms with Crippen molar-refractivity contribution in [2.24, 2.45) is 5.92 Å². The molecule has 21 heavy (non-hydrogen) atoms. The van der Waals surface area contributed by atoms with Gasteiger partial charge in [0.15, 0.2) is 0 Å². The maximum absolute atomic E-state index is 13.6. The maximum atomic E-state index is 13.6. The Balaban J connectivity index is 2.22. The van der Waals surface area contributed by atoms with E-state index in [9.17, 15) is 8.78 Å². The third-order valence-corrected chi connectivity index (χ3v) is 4.07. The lowest BCUT2D eigenvalue weighted by atomic mass is 9.81. The van der Waals surface area contributed by atoms with Crippen LogP contribution in [-0.4, -0.2) is 5.92 Å². The predicted octanol–water partition coefficient (Wildman–Crippen LogP) is 6.03. The second-order valence-electron chi connectivity index (χ2n) is 5.76. The third-order valence-electron chi connectivity index (χ3n) is 4.07. The van der Waals surface area contributed by atoms with Crippen LogP contribution in [0.1, 0.15) is 38.2 Å². The van der Waals surface area contributed by atoms with Crippen LogP contribution in [0.25, 0.3) is 5.57 Å². The minimum absolute atomic E-state index is 0.0223. The van der Waals surface area contributed by atoms with Gasteiger partial charge in [0.1, 0.15) is 0 Å². The largest absolute Gasteiger partial charge is 0.248 e. The van der Waals surface area contributed by atoms with Crippen LogP contribution < -0.4 is 0 Å². The zero-order valence-corrected chi connectivity index (χ0v) is 12.5. The Bertz CT molecular complexity index is 538. The average Bonchev–Trinajstić information content (AvgIpc) is 2.46. The summed E-state index contributed by atoms with van der Waals surface area (Å²) in [5, 5.41) is 0. The molecule has 1 atom stereocenters. The van der Waals surface area contributed by atoms with Crippen LogP contribution in [0.4, 0.5) is 8.78 Å². The SMILES string of the molecule is C=C/C=C(\C=C(/C)C1CCCC(F)(F)C1)c1ccccc1. The van der Waals surface area contributed by atoms with Crippen molar-refractivity contribution in [2.45, 2.75) is 38.5 Å². The van der Waals surface area contributed by atoms with Gasteiger partial charge in [-0.15, -0.1) is 0 Å². The molecule has 1 aromatic rings. The number of alkyl halides is 2. The fourth-order valence-electron chi connectivity index (χ4n) is 2.91. The second kappa shape index (κ2) is 6.84. The summed E-state index contributed by atoms with van der Waals surface area (Å²) in [6, 6.07) is 9.96. The van der Waals surface area contributed by atoms with E-state index in [1.807, 2.05) is 49.4 Å². The van der Waals surface area contributed by atoms with Gasteiger partial charge in [-0.25, -0.2) is 8.78 Å². The summed E-state index contributed by atoms with van der Waals surface area (Å²) in [4.78, 5) is 0. The number of benzene rings is 1. The molecule has 0 bridgehead atoms. The van der Waals surface area contributed by atoms with Gasteiger partial charge >= 0.3 is 0 Å². The van der Waals surface area contributed by atoms with E-state index >= 15 is 0 Å². The molecule has 0 nitrogen and oxygen atoms in total. The molecule has 2 rings (SSSR count). The van der Waals surface area contributed by atoms with Crippen LogP contribution in [0.5, 0.6) is 0 Å². The maximum Gasteiger partial charge on any atom is 0.248 e. The Morgan fingerprint density at radius 3 is 2.62 bits per heavy atom. The van der Waals surface area contributed by atoms with Crippen LogP contribution in [0.15, 0.2) is 60.7 Å². The standard InChI is InChI=1S/C19H22F2/c1-3-8-17(16-9-5-4-6-10-16)13-15(2)18-11-7-12-19(20,21)14-18/h3-6,8-10,13,18H,1,7,11-12,14H2,2H3/b15-13+,17-8+. The van der Waals surface area contributed by atoms with Crippen molar-refractivity contribution in [1.29, 1.82) is 0 Å². The molecule has 0 radical (unpaired) electrons. The third kappa shape index (κ3) is 4.38. The second-order valence-corrected chi connectivity index (χ2v) is 5.76. The Morgan fingerprint density at radius 2 is 2.00 bits per heavy atom. The molecule has 1 aromatic carbocycles. The highest BCUT2D eigenvalue weighted by molar-refractivity contribution is 5.75. The average molecular weight is 288 g/mol. The molecule has 1 saturated carbocycles. The summed E-state index contributed by atoms with van der Waals surface area (Å²) in [7, 11) is 0. The van der Waals surface area contributed by atoms with Gasteiger partial charge in [-0.05, 0) is 36.8 Å². The predicted molar refractivity (Wildman–Crippen MR) is 85.3 cm³/mol. The molecule has 1 aliphatic rings. The van der Waals surface area contributed by atoms with Crippen molar-refractivity contribution in [2.75, 3.05) is 0 Å². The van der Waals surface area contributed by atoms with Gasteiger partial charge in [0.05, 0.1) is 0 Å². The highest BCUT2D eigenvalue weighted by Gasteiger charge is 2.36. The molecule has 0 amide bonds. The van der Waals surface area contributed by atoms with E-state index < -0.39 is 5.92 Å². The van der Waals surface area contributed by atoms with E-state index in [-0.39, 0.29) is 18.8 Å². The zero-order chi connectivity index (χ0) is 15.3. The van der Waals surface area contributed by atoms with Gasteiger partial charge in [0.25, 0.3) is 0 Å². The summed E-state index contributed by atoms with van der Waals surface area (Å²) in [6.07, 6.45) is 7.17. The van der Waals surface area contributed by atoms with E-state index in [1.165, 1.54) is 0 Å². The molecular weight excluding hydrogens is 266 g/mol. The van der Waals surface area contributed by atoms with Gasteiger partial charge in [-0.3, -0.25) is 0 Å². The van der Waals surface area contributed by atoms with Gasteiger partial charge in [-0.2, -0.15) is 0 Å². The van der Waals surface area contributed by atoms with Crippen LogP contribution in [-0.2, 0) is 0 Å². The van der Waals surface area contributed by atoms with Gasteiger partial charge in [0.2, 0.25) is 5.92 Å². The molecule has 0 saturated heterocycles. The molecule has 0 spiro atoms. The summed E-state index contributed by atoms with van der Waals surface area (Å²) in [5.74, 6) is -2.53. The summed E-state index contributed by atoms with van der Waals surface area (Å²) in [6.45, 7) is 5.71. The highest BCUT2D eigenvalue weighted by atomic mass is 19.3. The number of hydrogen-bond donors (Lipinski definition) is 0. The minimum Gasteiger partial charge on any atom is -0.207 e. The van der Waals surface area contributed by atoms with E-state index in [2.05, 4.69) is 6.58 Å². The Hall–Kier alpha value is -1.70. The quantitative estimate of drug-likeness (QED) is 0.593. The highest BCUT2D eigenvalue weighted by Crippen LogP contribution is 2.40. The smallest absolute Gasteiger partial charge is 0.207 e. The Kier molecular flexibility index (Phi) is 5.11. The monoisotopic (exact) mass is 288 g/mol. The van der Waals surface area contributed by atoms with Crippen molar-refractivity contribution < 1.29 is 8.78 Å². The van der Waals surface area contributed by atoms with Gasteiger partial charge in [-0.1, -0.05) is 60.7 Å². The first-order valence-corrected chi connectivity index (χ1v) is 7.46. The first-order chi connectivity index (χ1) is 10.0. The first kappa shape index (κ1) is 15.7. The molecular formula is C19H22F2. The summed E-state index contributed by atoms with van der Waals surface area (Å²) in [5.41, 5.74) is 3.14. The normalized spacial score (nSPS) is 22.9. The number of allylic oxidation sites excluding steroid dienone is 5. The van der Waals surface area contributed by atoms with Crippen molar-refractivity contribution in [1.82, 2.24) is 0 Å². The van der Waals surface area contributed by atoms with E-state index in [0.717, 1.165) is 23.1 Å². The van der Waals surface area contributed by atoms with E-state index in [0.29, 0.717) is 6.42 Å². The lowest BCUT2D eigenvalue weighted by molar-refractivity contribution is -0.0468. The molecule has 0 aromatic heterocycles. The lowest BCUT2D eigenvalue weighted by Crippen LogP contribution is -2.26. The van der Waals surface area contributed by atoms with Gasteiger partial charge < -0.3 is 0 Å².